The van der Waals surface area contributed by atoms with Crippen molar-refractivity contribution in [2.45, 2.75) is 44.1 Å². The molecule has 0 unspecified atom stereocenters. The fourth-order valence-corrected chi connectivity index (χ4v) is 4.03. The summed E-state index contributed by atoms with van der Waals surface area (Å²) in [6, 6.07) is 0. The van der Waals surface area contributed by atoms with Crippen LogP contribution in [0.4, 0.5) is 0 Å². The average molecular weight is 151 g/mol. The summed E-state index contributed by atoms with van der Waals surface area (Å²) < 4.78 is 0. The first-order valence-electron chi connectivity index (χ1n) is 4.94. The van der Waals surface area contributed by atoms with Gasteiger partial charge in [0.1, 0.15) is 5.60 Å². The standard InChI is InChI=1S/C10H15O/c11-10-4-7-1-8(5-10)3-9(2-7)6-10/h7-9H,1-6H2. The van der Waals surface area contributed by atoms with E-state index in [-0.39, 0.29) is 0 Å². The normalized spacial score (nSPS) is 60.3. The lowest BCUT2D eigenvalue weighted by atomic mass is 9.54. The van der Waals surface area contributed by atoms with Gasteiger partial charge in [-0.15, -0.1) is 0 Å². The second kappa shape index (κ2) is 1.82. The summed E-state index contributed by atoms with van der Waals surface area (Å²) in [5.74, 6) is 2.50. The van der Waals surface area contributed by atoms with Gasteiger partial charge in [0, 0.05) is 0 Å². The van der Waals surface area contributed by atoms with Crippen molar-refractivity contribution in [3.8, 4) is 0 Å². The topological polar surface area (TPSA) is 19.9 Å². The van der Waals surface area contributed by atoms with Gasteiger partial charge in [0.25, 0.3) is 0 Å². The minimum atomic E-state index is -0.450. The van der Waals surface area contributed by atoms with Gasteiger partial charge in [-0.3, -0.25) is 0 Å². The van der Waals surface area contributed by atoms with Crippen molar-refractivity contribution >= 4 is 0 Å². The van der Waals surface area contributed by atoms with E-state index in [0.29, 0.717) is 0 Å². The van der Waals surface area contributed by atoms with Crippen molar-refractivity contribution in [2.75, 3.05) is 0 Å². The maximum absolute atomic E-state index is 12.0. The van der Waals surface area contributed by atoms with E-state index in [1.54, 1.807) is 0 Å². The van der Waals surface area contributed by atoms with E-state index in [4.69, 9.17) is 0 Å². The number of rotatable bonds is 0. The van der Waals surface area contributed by atoms with Gasteiger partial charge in [0.15, 0.2) is 0 Å². The van der Waals surface area contributed by atoms with Gasteiger partial charge in [0.05, 0.1) is 0 Å². The second-order valence-corrected chi connectivity index (χ2v) is 5.10. The van der Waals surface area contributed by atoms with E-state index in [9.17, 15) is 5.11 Å². The lowest BCUT2D eigenvalue weighted by Crippen LogP contribution is -2.49. The molecule has 11 heavy (non-hydrogen) atoms. The lowest BCUT2D eigenvalue weighted by Gasteiger charge is -2.52. The van der Waals surface area contributed by atoms with Crippen LogP contribution in [-0.2, 0) is 5.11 Å². The summed E-state index contributed by atoms with van der Waals surface area (Å²) in [6.07, 6.45) is 7.21. The lowest BCUT2D eigenvalue weighted by molar-refractivity contribution is -0.160. The summed E-state index contributed by atoms with van der Waals surface area (Å²) in [5, 5.41) is 12.0. The molecule has 4 bridgehead atoms. The molecular weight excluding hydrogens is 136 g/mol. The van der Waals surface area contributed by atoms with Crippen LogP contribution in [0.25, 0.3) is 0 Å². The summed E-state index contributed by atoms with van der Waals surface area (Å²) in [5.41, 5.74) is -0.450. The Hall–Kier alpha value is -0.0400. The predicted octanol–water partition coefficient (Wildman–Crippen LogP) is 2.39. The molecule has 1 nitrogen and oxygen atoms in total. The third-order valence-corrected chi connectivity index (χ3v) is 3.98. The zero-order valence-electron chi connectivity index (χ0n) is 6.88. The van der Waals surface area contributed by atoms with Crippen molar-refractivity contribution < 1.29 is 5.11 Å². The molecule has 0 saturated heterocycles. The van der Waals surface area contributed by atoms with Crippen molar-refractivity contribution in [3.63, 3.8) is 0 Å². The Morgan fingerprint density at radius 1 is 0.818 bits per heavy atom. The minimum absolute atomic E-state index is 0.450. The molecule has 0 spiro atoms. The first-order chi connectivity index (χ1) is 5.23. The molecule has 61 valence electrons. The van der Waals surface area contributed by atoms with Crippen molar-refractivity contribution in [2.24, 2.45) is 17.8 Å². The predicted molar refractivity (Wildman–Crippen MR) is 41.6 cm³/mol. The SMILES string of the molecule is [O]C12CC3CC(CC(C3)C1)C2. The van der Waals surface area contributed by atoms with Crippen molar-refractivity contribution in [3.05, 3.63) is 0 Å². The third-order valence-electron chi connectivity index (χ3n) is 3.98. The molecule has 0 amide bonds. The highest BCUT2D eigenvalue weighted by Crippen LogP contribution is 2.55. The summed E-state index contributed by atoms with van der Waals surface area (Å²) in [4.78, 5) is 0. The zero-order valence-corrected chi connectivity index (χ0v) is 6.88. The van der Waals surface area contributed by atoms with Gasteiger partial charge in [-0.25, -0.2) is 5.11 Å². The van der Waals surface area contributed by atoms with Gasteiger partial charge >= 0.3 is 0 Å². The average Bonchev–Trinajstić information content (AvgIpc) is 1.79. The molecule has 0 aromatic heterocycles. The Kier molecular flexibility index (Phi) is 1.07. The highest BCUT2D eigenvalue weighted by atomic mass is 16.3. The maximum Gasteiger partial charge on any atom is 0.104 e. The van der Waals surface area contributed by atoms with Crippen molar-refractivity contribution in [1.29, 1.82) is 0 Å². The molecule has 0 atom stereocenters. The molecule has 1 radical (unpaired) electrons. The molecular formula is C10H15O. The number of hydrogen-bond acceptors (Lipinski definition) is 0. The van der Waals surface area contributed by atoms with Crippen LogP contribution < -0.4 is 0 Å². The molecule has 0 N–H and O–H groups in total. The summed E-state index contributed by atoms with van der Waals surface area (Å²) in [6.45, 7) is 0. The largest absolute Gasteiger partial charge is 0.229 e. The summed E-state index contributed by atoms with van der Waals surface area (Å²) >= 11 is 0. The second-order valence-electron chi connectivity index (χ2n) is 5.10. The molecule has 0 aromatic rings. The molecule has 4 aliphatic rings. The fraction of sp³-hybridized carbons (Fsp3) is 1.00. The molecule has 1 heteroatoms. The Morgan fingerprint density at radius 2 is 1.18 bits per heavy atom. The van der Waals surface area contributed by atoms with Crippen LogP contribution in [0.2, 0.25) is 0 Å². The monoisotopic (exact) mass is 151 g/mol. The van der Waals surface area contributed by atoms with Gasteiger partial charge in [-0.2, -0.15) is 0 Å². The first-order valence-corrected chi connectivity index (χ1v) is 4.94. The highest BCUT2D eigenvalue weighted by molar-refractivity contribution is 5.01. The molecule has 0 aliphatic heterocycles. The van der Waals surface area contributed by atoms with E-state index in [1.807, 2.05) is 0 Å². The maximum atomic E-state index is 12.0. The zero-order chi connectivity index (χ0) is 7.47. The van der Waals surface area contributed by atoms with Crippen molar-refractivity contribution in [1.82, 2.24) is 0 Å². The van der Waals surface area contributed by atoms with Crippen LogP contribution in [0.1, 0.15) is 38.5 Å². The van der Waals surface area contributed by atoms with Crippen LogP contribution >= 0.6 is 0 Å². The molecule has 4 saturated carbocycles. The van der Waals surface area contributed by atoms with Crippen LogP contribution in [0.5, 0.6) is 0 Å². The van der Waals surface area contributed by atoms with Gasteiger partial charge in [0.2, 0.25) is 0 Å². The van der Waals surface area contributed by atoms with Gasteiger partial charge < -0.3 is 0 Å². The molecule has 0 aromatic carbocycles. The van der Waals surface area contributed by atoms with E-state index in [1.165, 1.54) is 19.3 Å². The van der Waals surface area contributed by atoms with E-state index < -0.39 is 5.60 Å². The van der Waals surface area contributed by atoms with E-state index in [2.05, 4.69) is 0 Å². The number of hydrogen-bond donors (Lipinski definition) is 0. The summed E-state index contributed by atoms with van der Waals surface area (Å²) in [7, 11) is 0. The highest BCUT2D eigenvalue weighted by Gasteiger charge is 2.51. The van der Waals surface area contributed by atoms with Crippen LogP contribution in [0.3, 0.4) is 0 Å². The molecule has 0 heterocycles. The minimum Gasteiger partial charge on any atom is -0.229 e. The van der Waals surface area contributed by atoms with Gasteiger partial charge in [-0.05, 0) is 56.3 Å². The molecule has 4 aliphatic carbocycles. The quantitative estimate of drug-likeness (QED) is 0.506. The van der Waals surface area contributed by atoms with E-state index >= 15 is 0 Å². The van der Waals surface area contributed by atoms with E-state index in [0.717, 1.165) is 37.0 Å². The molecule has 4 rings (SSSR count). The molecule has 4 fully saturated rings. The van der Waals surface area contributed by atoms with Crippen LogP contribution in [0, 0.1) is 17.8 Å². The third kappa shape index (κ3) is 0.868. The first kappa shape index (κ1) is 6.47. The Morgan fingerprint density at radius 3 is 1.45 bits per heavy atom. The van der Waals surface area contributed by atoms with Crippen LogP contribution in [0.15, 0.2) is 0 Å². The smallest absolute Gasteiger partial charge is 0.104 e. The van der Waals surface area contributed by atoms with Gasteiger partial charge in [-0.1, -0.05) is 0 Å². The Balaban J connectivity index is 1.94. The Labute approximate surface area is 67.8 Å². The fourth-order valence-electron chi connectivity index (χ4n) is 4.03. The Bertz CT molecular complexity index is 150. The van der Waals surface area contributed by atoms with Crippen LogP contribution in [-0.4, -0.2) is 5.60 Å².